The van der Waals surface area contributed by atoms with E-state index in [0.29, 0.717) is 54.4 Å². The van der Waals surface area contributed by atoms with Gasteiger partial charge in [-0.15, -0.1) is 0 Å². The maximum Gasteiger partial charge on any atom is 0.274 e. The van der Waals surface area contributed by atoms with Crippen molar-refractivity contribution in [1.82, 2.24) is 19.6 Å². The second-order valence-electron chi connectivity index (χ2n) is 13.4. The second kappa shape index (κ2) is 14.8. The molecule has 9 heteroatoms. The van der Waals surface area contributed by atoms with E-state index in [-0.39, 0.29) is 24.3 Å². The molecule has 3 amide bonds. The standard InChI is InChI=1S/C40H47N5O4/c1-4-6-22-43(23-7-5-2)38(48)34-25-28(3)45(42-34)35-18-17-31(41-39(49)40(20-21-40)30-14-9-8-10-15-30)26-33(35)37(47)44-24-19-29-13-11-12-16-32(29)36(44)27-46/h8-18,25-26,36,46H,4-7,19-24,27H2,1-3H3,(H,41,49)/t36-/m1/s1. The van der Waals surface area contributed by atoms with E-state index in [4.69, 9.17) is 5.10 Å². The third-order valence-corrected chi connectivity index (χ3v) is 10.0. The quantitative estimate of drug-likeness (QED) is 0.167. The molecule has 0 radical (unpaired) electrons. The molecule has 4 aromatic rings. The van der Waals surface area contributed by atoms with Gasteiger partial charge >= 0.3 is 0 Å². The number of aromatic nitrogens is 2. The number of unbranched alkanes of at least 4 members (excludes halogenated alkanes) is 2. The Morgan fingerprint density at radius 1 is 0.939 bits per heavy atom. The van der Waals surface area contributed by atoms with Crippen molar-refractivity contribution >= 4 is 23.4 Å². The fourth-order valence-corrected chi connectivity index (χ4v) is 6.99. The second-order valence-corrected chi connectivity index (χ2v) is 13.4. The highest BCUT2D eigenvalue weighted by Crippen LogP contribution is 2.49. The van der Waals surface area contributed by atoms with Crippen LogP contribution < -0.4 is 5.32 Å². The molecule has 2 N–H and O–H groups in total. The number of benzene rings is 3. The van der Waals surface area contributed by atoms with E-state index in [1.807, 2.05) is 66.4 Å². The number of nitrogens with one attached hydrogen (secondary N) is 1. The summed E-state index contributed by atoms with van der Waals surface area (Å²) >= 11 is 0. The van der Waals surface area contributed by atoms with Crippen LogP contribution in [0, 0.1) is 6.92 Å². The van der Waals surface area contributed by atoms with Gasteiger partial charge < -0.3 is 20.2 Å². The normalized spacial score (nSPS) is 16.2. The lowest BCUT2D eigenvalue weighted by Gasteiger charge is -2.36. The highest BCUT2D eigenvalue weighted by molar-refractivity contribution is 6.04. The molecule has 1 aliphatic carbocycles. The number of hydrogen-bond acceptors (Lipinski definition) is 5. The molecule has 6 rings (SSSR count). The van der Waals surface area contributed by atoms with Crippen molar-refractivity contribution < 1.29 is 19.5 Å². The number of rotatable bonds is 13. The molecule has 0 unspecified atom stereocenters. The highest BCUT2D eigenvalue weighted by atomic mass is 16.3. The maximum atomic E-state index is 14.6. The minimum atomic E-state index is -0.585. The summed E-state index contributed by atoms with van der Waals surface area (Å²) in [6, 6.07) is 24.3. The molecule has 2 aliphatic rings. The average Bonchev–Trinajstić information content (AvgIpc) is 3.87. The number of carbonyl (C=O) groups is 3. The predicted molar refractivity (Wildman–Crippen MR) is 191 cm³/mol. The van der Waals surface area contributed by atoms with E-state index >= 15 is 0 Å². The molecule has 1 saturated carbocycles. The summed E-state index contributed by atoms with van der Waals surface area (Å²) in [5, 5.41) is 18.4. The first-order chi connectivity index (χ1) is 23.8. The van der Waals surface area contributed by atoms with Gasteiger partial charge in [0, 0.05) is 31.0 Å². The number of nitrogens with zero attached hydrogens (tertiary/aromatic N) is 4. The van der Waals surface area contributed by atoms with Gasteiger partial charge in [0.15, 0.2) is 5.69 Å². The molecule has 1 fully saturated rings. The van der Waals surface area contributed by atoms with E-state index in [1.54, 1.807) is 33.8 Å². The predicted octanol–water partition coefficient (Wildman–Crippen LogP) is 6.63. The molecule has 49 heavy (non-hydrogen) atoms. The van der Waals surface area contributed by atoms with Gasteiger partial charge in [-0.25, -0.2) is 4.68 Å². The molecule has 0 saturated heterocycles. The Kier molecular flexibility index (Phi) is 10.3. The molecular formula is C40H47N5O4. The number of amides is 3. The van der Waals surface area contributed by atoms with Crippen molar-refractivity contribution in [3.8, 4) is 5.69 Å². The summed E-state index contributed by atoms with van der Waals surface area (Å²) in [4.78, 5) is 45.6. The molecule has 9 nitrogen and oxygen atoms in total. The molecule has 3 aromatic carbocycles. The van der Waals surface area contributed by atoms with Crippen molar-refractivity contribution in [3.05, 3.63) is 113 Å². The monoisotopic (exact) mass is 661 g/mol. The van der Waals surface area contributed by atoms with E-state index < -0.39 is 11.5 Å². The van der Waals surface area contributed by atoms with Crippen molar-refractivity contribution in [1.29, 1.82) is 0 Å². The Balaban J connectivity index is 1.37. The van der Waals surface area contributed by atoms with Gasteiger partial charge in [0.25, 0.3) is 11.8 Å². The van der Waals surface area contributed by atoms with Crippen molar-refractivity contribution in [3.63, 3.8) is 0 Å². The number of carbonyl (C=O) groups excluding carboxylic acids is 3. The molecule has 1 aromatic heterocycles. The Labute approximate surface area is 288 Å². The molecule has 256 valence electrons. The van der Waals surface area contributed by atoms with Crippen molar-refractivity contribution in [2.75, 3.05) is 31.6 Å². The maximum absolute atomic E-state index is 14.6. The van der Waals surface area contributed by atoms with Crippen LogP contribution in [0.25, 0.3) is 5.69 Å². The summed E-state index contributed by atoms with van der Waals surface area (Å²) in [5.74, 6) is -0.504. The first-order valence-corrected chi connectivity index (χ1v) is 17.7. The number of hydrogen-bond donors (Lipinski definition) is 2. The third-order valence-electron chi connectivity index (χ3n) is 10.0. The van der Waals surface area contributed by atoms with Gasteiger partial charge in [-0.2, -0.15) is 5.10 Å². The third kappa shape index (κ3) is 6.90. The van der Waals surface area contributed by atoms with Crippen LogP contribution >= 0.6 is 0 Å². The topological polar surface area (TPSA) is 108 Å². The van der Waals surface area contributed by atoms with Crippen LogP contribution in [0.4, 0.5) is 5.69 Å². The zero-order valence-electron chi connectivity index (χ0n) is 28.8. The van der Waals surface area contributed by atoms with Crippen LogP contribution in [0.15, 0.2) is 78.9 Å². The Hall–Kier alpha value is -4.76. The molecule has 0 bridgehead atoms. The van der Waals surface area contributed by atoms with E-state index in [9.17, 15) is 19.5 Å². The molecule has 1 atom stereocenters. The lowest BCUT2D eigenvalue weighted by atomic mass is 9.92. The van der Waals surface area contributed by atoms with Crippen molar-refractivity contribution in [2.24, 2.45) is 0 Å². The van der Waals surface area contributed by atoms with E-state index in [0.717, 1.165) is 55.2 Å². The molecule has 1 aliphatic heterocycles. The number of anilines is 1. The number of aryl methyl sites for hydroxylation is 1. The Morgan fingerprint density at radius 3 is 2.31 bits per heavy atom. The number of aliphatic hydroxyl groups is 1. The van der Waals surface area contributed by atoms with Crippen molar-refractivity contribution in [2.45, 2.75) is 77.2 Å². The summed E-state index contributed by atoms with van der Waals surface area (Å²) < 4.78 is 1.65. The van der Waals surface area contributed by atoms with Gasteiger partial charge in [-0.1, -0.05) is 81.3 Å². The summed E-state index contributed by atoms with van der Waals surface area (Å²) in [7, 11) is 0. The first-order valence-electron chi connectivity index (χ1n) is 17.7. The average molecular weight is 662 g/mol. The fraction of sp³-hybridized carbons (Fsp3) is 0.400. The zero-order valence-corrected chi connectivity index (χ0v) is 28.8. The van der Waals surface area contributed by atoms with Crippen LogP contribution in [-0.2, 0) is 16.6 Å². The highest BCUT2D eigenvalue weighted by Gasteiger charge is 2.51. The number of aliphatic hydroxyl groups excluding tert-OH is 1. The minimum Gasteiger partial charge on any atom is -0.394 e. The van der Waals surface area contributed by atoms with Gasteiger partial charge in [-0.3, -0.25) is 14.4 Å². The van der Waals surface area contributed by atoms with Crippen LogP contribution in [0.5, 0.6) is 0 Å². The Morgan fingerprint density at radius 2 is 1.63 bits per heavy atom. The van der Waals surface area contributed by atoms with Crippen LogP contribution in [0.2, 0.25) is 0 Å². The molecule has 2 heterocycles. The molecule has 0 spiro atoms. The smallest absolute Gasteiger partial charge is 0.274 e. The first kappa shape index (κ1) is 34.1. The van der Waals surface area contributed by atoms with Gasteiger partial charge in [0.05, 0.1) is 29.3 Å². The fourth-order valence-electron chi connectivity index (χ4n) is 6.99. The minimum absolute atomic E-state index is 0.104. The summed E-state index contributed by atoms with van der Waals surface area (Å²) in [5.41, 5.74) is 4.83. The molecular weight excluding hydrogens is 614 g/mol. The van der Waals surface area contributed by atoms with E-state index in [1.165, 1.54) is 0 Å². The summed E-state index contributed by atoms with van der Waals surface area (Å²) in [6.07, 6.45) is 5.98. The van der Waals surface area contributed by atoms with Crippen LogP contribution in [0.1, 0.15) is 102 Å². The Bertz CT molecular complexity index is 1800. The van der Waals surface area contributed by atoms with Gasteiger partial charge in [-0.05, 0) is 80.0 Å². The summed E-state index contributed by atoms with van der Waals surface area (Å²) in [6.45, 7) is 7.64. The van der Waals surface area contributed by atoms with Crippen LogP contribution in [0.3, 0.4) is 0 Å². The van der Waals surface area contributed by atoms with E-state index in [2.05, 4.69) is 19.2 Å². The SMILES string of the molecule is CCCCN(CCCC)C(=O)c1cc(C)n(-c2ccc(NC(=O)C3(c4ccccc4)CC3)cc2C(=O)N2CCc3ccccc3[C@H]2CO)n1. The van der Waals surface area contributed by atoms with Gasteiger partial charge in [0.2, 0.25) is 5.91 Å². The largest absolute Gasteiger partial charge is 0.394 e. The lowest BCUT2D eigenvalue weighted by molar-refractivity contribution is -0.118. The van der Waals surface area contributed by atoms with Gasteiger partial charge in [0.1, 0.15) is 0 Å². The lowest BCUT2D eigenvalue weighted by Crippen LogP contribution is -2.42. The zero-order chi connectivity index (χ0) is 34.5. The number of fused-ring (bicyclic) bond motifs is 1. The van der Waals surface area contributed by atoms with Crippen LogP contribution in [-0.4, -0.2) is 68.6 Å².